The van der Waals surface area contributed by atoms with Crippen molar-refractivity contribution in [1.82, 2.24) is 4.57 Å². The van der Waals surface area contributed by atoms with Crippen molar-refractivity contribution in [3.8, 4) is 22.4 Å². The Morgan fingerprint density at radius 3 is 2.50 bits per heavy atom. The van der Waals surface area contributed by atoms with Crippen LogP contribution in [0.2, 0.25) is 0 Å². The maximum Gasteiger partial charge on any atom is 0.259 e. The molecule has 3 nitrogen and oxygen atoms in total. The molecule has 0 bridgehead atoms. The first kappa shape index (κ1) is 19.0. The molecule has 0 saturated carbocycles. The van der Waals surface area contributed by atoms with E-state index in [1.165, 1.54) is 11.3 Å². The highest BCUT2D eigenvalue weighted by atomic mass is 32.1. The Bertz CT molecular complexity index is 1550. The number of Topliss-reactive ketones (excluding diaryl/α,β-unsaturated/α-hetero) is 1. The monoisotopic (exact) mass is 433 g/mol. The molecule has 3 aromatic carbocycles. The van der Waals surface area contributed by atoms with E-state index >= 15 is 0 Å². The molecule has 0 fully saturated rings. The van der Waals surface area contributed by atoms with Crippen molar-refractivity contribution in [2.75, 3.05) is 0 Å². The maximum atomic E-state index is 13.6. The first-order chi connectivity index (χ1) is 15.7. The summed E-state index contributed by atoms with van der Waals surface area (Å²) in [5.74, 6) is 0.0764. The summed E-state index contributed by atoms with van der Waals surface area (Å²) in [6, 6.07) is 27.9. The fourth-order valence-electron chi connectivity index (χ4n) is 4.79. The van der Waals surface area contributed by atoms with E-state index in [9.17, 15) is 9.59 Å². The highest BCUT2D eigenvalue weighted by Crippen LogP contribution is 2.42. The van der Waals surface area contributed by atoms with Crippen LogP contribution in [0.5, 0.6) is 0 Å². The number of carbonyl (C=O) groups is 1. The molecule has 154 valence electrons. The van der Waals surface area contributed by atoms with Crippen molar-refractivity contribution in [1.29, 1.82) is 0 Å². The van der Waals surface area contributed by atoms with Gasteiger partial charge in [0.15, 0.2) is 5.78 Å². The standard InChI is InChI=1S/C28H19NO2S/c30-23(24-14-7-15-32-24)16-19-11-6-13-22-25(19)26(18-8-2-1-3-9-18)27-21-12-5-4-10-20(21)17-29(27)28(22)31/h1-15H,16-17H2. The van der Waals surface area contributed by atoms with Gasteiger partial charge < -0.3 is 4.57 Å². The van der Waals surface area contributed by atoms with Gasteiger partial charge in [0.25, 0.3) is 5.56 Å². The number of aromatic nitrogens is 1. The number of ketones is 1. The van der Waals surface area contributed by atoms with Crippen molar-refractivity contribution in [3.05, 3.63) is 117 Å². The predicted octanol–water partition coefficient (Wildman–Crippen LogP) is 6.18. The van der Waals surface area contributed by atoms with E-state index in [1.807, 2.05) is 70.6 Å². The third-order valence-corrected chi connectivity index (χ3v) is 7.10. The summed E-state index contributed by atoms with van der Waals surface area (Å²) in [5, 5.41) is 3.47. The van der Waals surface area contributed by atoms with Crippen LogP contribution < -0.4 is 5.56 Å². The van der Waals surface area contributed by atoms with Crippen LogP contribution in [0.25, 0.3) is 33.2 Å². The van der Waals surface area contributed by atoms with Gasteiger partial charge in [-0.05, 0) is 34.2 Å². The minimum atomic E-state index is -0.00342. The topological polar surface area (TPSA) is 39.1 Å². The van der Waals surface area contributed by atoms with E-state index < -0.39 is 0 Å². The van der Waals surface area contributed by atoms with Gasteiger partial charge in [-0.2, -0.15) is 0 Å². The molecule has 0 N–H and O–H groups in total. The van der Waals surface area contributed by atoms with Crippen molar-refractivity contribution in [2.45, 2.75) is 13.0 Å². The van der Waals surface area contributed by atoms with Crippen LogP contribution in [0.4, 0.5) is 0 Å². The summed E-state index contributed by atoms with van der Waals surface area (Å²) in [7, 11) is 0. The minimum absolute atomic E-state index is 0.00342. The molecule has 0 spiro atoms. The number of carbonyl (C=O) groups excluding carboxylic acids is 1. The molecule has 4 heteroatoms. The molecule has 0 atom stereocenters. The van der Waals surface area contributed by atoms with Gasteiger partial charge >= 0.3 is 0 Å². The van der Waals surface area contributed by atoms with E-state index in [0.29, 0.717) is 11.9 Å². The van der Waals surface area contributed by atoms with E-state index in [4.69, 9.17) is 0 Å². The van der Waals surface area contributed by atoms with Gasteiger partial charge in [-0.3, -0.25) is 9.59 Å². The zero-order chi connectivity index (χ0) is 21.7. The average Bonchev–Trinajstić information content (AvgIpc) is 3.49. The van der Waals surface area contributed by atoms with Crippen LogP contribution in [-0.4, -0.2) is 10.4 Å². The Hall–Kier alpha value is -3.76. The van der Waals surface area contributed by atoms with Crippen LogP contribution in [0, 0.1) is 0 Å². The summed E-state index contributed by atoms with van der Waals surface area (Å²) < 4.78 is 1.89. The molecule has 0 aliphatic carbocycles. The average molecular weight is 434 g/mol. The second-order valence-corrected chi connectivity index (χ2v) is 9.00. The van der Waals surface area contributed by atoms with Gasteiger partial charge in [-0.1, -0.05) is 72.8 Å². The van der Waals surface area contributed by atoms with E-state index in [2.05, 4.69) is 24.3 Å². The smallest absolute Gasteiger partial charge is 0.259 e. The molecule has 6 rings (SSSR count). The zero-order valence-electron chi connectivity index (χ0n) is 17.2. The molecular formula is C28H19NO2S. The maximum absolute atomic E-state index is 13.6. The summed E-state index contributed by atoms with van der Waals surface area (Å²) >= 11 is 1.45. The lowest BCUT2D eigenvalue weighted by Gasteiger charge is -2.17. The van der Waals surface area contributed by atoms with Crippen molar-refractivity contribution in [2.24, 2.45) is 0 Å². The SMILES string of the molecule is O=C(Cc1cccc2c(=O)n3c(c(-c4ccccc4)c12)-c1ccccc1C3)c1cccs1. The lowest BCUT2D eigenvalue weighted by atomic mass is 9.90. The van der Waals surface area contributed by atoms with Crippen LogP contribution in [0.15, 0.2) is 95.1 Å². The Morgan fingerprint density at radius 1 is 0.875 bits per heavy atom. The summed E-state index contributed by atoms with van der Waals surface area (Å²) in [5.41, 5.74) is 6.15. The van der Waals surface area contributed by atoms with Gasteiger partial charge in [0, 0.05) is 28.3 Å². The van der Waals surface area contributed by atoms with Crippen molar-refractivity contribution >= 4 is 27.9 Å². The van der Waals surface area contributed by atoms with Crippen molar-refractivity contribution < 1.29 is 4.79 Å². The van der Waals surface area contributed by atoms with Crippen LogP contribution in [0.3, 0.4) is 0 Å². The third-order valence-electron chi connectivity index (χ3n) is 6.19. The molecule has 1 aliphatic heterocycles. The molecule has 32 heavy (non-hydrogen) atoms. The number of nitrogens with zero attached hydrogens (tertiary/aromatic N) is 1. The molecule has 0 unspecified atom stereocenters. The second kappa shape index (κ2) is 7.43. The molecule has 1 aliphatic rings. The summed E-state index contributed by atoms with van der Waals surface area (Å²) in [6.45, 7) is 0.568. The van der Waals surface area contributed by atoms with Gasteiger partial charge in [0.2, 0.25) is 0 Å². The Balaban J connectivity index is 1.70. The van der Waals surface area contributed by atoms with Crippen LogP contribution in [-0.2, 0) is 13.0 Å². The summed E-state index contributed by atoms with van der Waals surface area (Å²) in [4.78, 5) is 27.4. The lowest BCUT2D eigenvalue weighted by molar-refractivity contribution is 0.0997. The lowest BCUT2D eigenvalue weighted by Crippen LogP contribution is -2.20. The largest absolute Gasteiger partial charge is 0.303 e. The van der Waals surface area contributed by atoms with Crippen LogP contribution >= 0.6 is 11.3 Å². The number of hydrogen-bond donors (Lipinski definition) is 0. The number of thiophene rings is 1. The molecule has 2 aromatic heterocycles. The number of hydrogen-bond acceptors (Lipinski definition) is 3. The highest BCUT2D eigenvalue weighted by Gasteiger charge is 2.27. The van der Waals surface area contributed by atoms with Gasteiger partial charge in [0.05, 0.1) is 17.1 Å². The molecule has 3 heterocycles. The third kappa shape index (κ3) is 2.88. The van der Waals surface area contributed by atoms with Gasteiger partial charge in [-0.25, -0.2) is 0 Å². The van der Waals surface area contributed by atoms with E-state index in [-0.39, 0.29) is 17.8 Å². The second-order valence-electron chi connectivity index (χ2n) is 8.06. The number of pyridine rings is 1. The Labute approximate surface area is 189 Å². The van der Waals surface area contributed by atoms with Gasteiger partial charge in [0.1, 0.15) is 0 Å². The Kier molecular flexibility index (Phi) is 4.40. The van der Waals surface area contributed by atoms with E-state index in [0.717, 1.165) is 43.8 Å². The predicted molar refractivity (Wildman–Crippen MR) is 131 cm³/mol. The fourth-order valence-corrected chi connectivity index (χ4v) is 5.46. The highest BCUT2D eigenvalue weighted by molar-refractivity contribution is 7.12. The number of fused-ring (bicyclic) bond motifs is 4. The number of rotatable bonds is 4. The molecular weight excluding hydrogens is 414 g/mol. The quantitative estimate of drug-likeness (QED) is 0.311. The Morgan fingerprint density at radius 2 is 1.69 bits per heavy atom. The normalized spacial score (nSPS) is 12.0. The van der Waals surface area contributed by atoms with Gasteiger partial charge in [-0.15, -0.1) is 11.3 Å². The first-order valence-electron chi connectivity index (χ1n) is 10.6. The number of benzene rings is 3. The molecule has 0 amide bonds. The fraction of sp³-hybridized carbons (Fsp3) is 0.0714. The van der Waals surface area contributed by atoms with Crippen molar-refractivity contribution in [3.63, 3.8) is 0 Å². The molecule has 0 radical (unpaired) electrons. The van der Waals surface area contributed by atoms with Crippen LogP contribution in [0.1, 0.15) is 20.8 Å². The molecule has 0 saturated heterocycles. The zero-order valence-corrected chi connectivity index (χ0v) is 18.1. The van der Waals surface area contributed by atoms with E-state index in [1.54, 1.807) is 0 Å². The minimum Gasteiger partial charge on any atom is -0.303 e. The molecule has 5 aromatic rings. The first-order valence-corrected chi connectivity index (χ1v) is 11.5. The summed E-state index contributed by atoms with van der Waals surface area (Å²) in [6.07, 6.45) is 0.266.